The Morgan fingerprint density at radius 2 is 2.00 bits per heavy atom. The first kappa shape index (κ1) is 20.0. The van der Waals surface area contributed by atoms with Crippen molar-refractivity contribution < 1.29 is 13.9 Å². The number of piperazine rings is 1. The number of carbonyl (C=O) groups is 1. The van der Waals surface area contributed by atoms with E-state index in [1.807, 2.05) is 25.1 Å². The van der Waals surface area contributed by atoms with Crippen molar-refractivity contribution in [1.29, 1.82) is 0 Å². The van der Waals surface area contributed by atoms with Crippen LogP contribution in [-0.2, 0) is 4.74 Å². The van der Waals surface area contributed by atoms with Gasteiger partial charge >= 0.3 is 0 Å². The molecular weight excluding hydrogens is 395 g/mol. The molecule has 1 aromatic heterocycles. The van der Waals surface area contributed by atoms with E-state index in [4.69, 9.17) is 4.74 Å². The largest absolute Gasteiger partial charge is 0.369 e. The number of amides is 1. The molecule has 2 N–H and O–H groups in total. The van der Waals surface area contributed by atoms with Crippen LogP contribution in [-0.4, -0.2) is 54.8 Å². The molecule has 162 valence electrons. The number of ether oxygens (including phenoxy) is 1. The van der Waals surface area contributed by atoms with Gasteiger partial charge in [0.25, 0.3) is 5.91 Å². The van der Waals surface area contributed by atoms with E-state index in [0.717, 1.165) is 62.6 Å². The van der Waals surface area contributed by atoms with Crippen LogP contribution in [0.25, 0.3) is 10.9 Å². The molecule has 0 saturated carbocycles. The predicted octanol–water partition coefficient (Wildman–Crippen LogP) is 4.13. The molecule has 0 spiro atoms. The standard InChI is InChI=1S/C24H27FN4O2/c1-16-7-8-20(25)19-15-21(27-23(16)19)24(30)26-17-4-2-5-18(14-17)28-9-11-29(12-10-28)22-6-3-13-31-22/h2,4-5,7-8,14-15,22,27H,3,6,9-13H2,1H3,(H,26,30). The summed E-state index contributed by atoms with van der Waals surface area (Å²) in [5.41, 5.74) is 3.71. The second-order valence-corrected chi connectivity index (χ2v) is 8.33. The summed E-state index contributed by atoms with van der Waals surface area (Å²) in [5, 5.41) is 3.37. The Hall–Kier alpha value is -2.90. The molecular formula is C24H27FN4O2. The van der Waals surface area contributed by atoms with E-state index in [1.165, 1.54) is 6.07 Å². The van der Waals surface area contributed by atoms with Crippen LogP contribution in [0.3, 0.4) is 0 Å². The van der Waals surface area contributed by atoms with E-state index in [1.54, 1.807) is 12.1 Å². The summed E-state index contributed by atoms with van der Waals surface area (Å²) >= 11 is 0. The normalized spacial score (nSPS) is 19.8. The number of carbonyl (C=O) groups excluding carboxylic acids is 1. The van der Waals surface area contributed by atoms with E-state index in [9.17, 15) is 9.18 Å². The van der Waals surface area contributed by atoms with Gasteiger partial charge in [0.05, 0.1) is 5.52 Å². The molecule has 1 atom stereocenters. The lowest BCUT2D eigenvalue weighted by molar-refractivity contribution is -0.0222. The number of halogens is 1. The molecule has 2 aromatic carbocycles. The first-order chi connectivity index (χ1) is 15.1. The number of hydrogen-bond donors (Lipinski definition) is 2. The van der Waals surface area contributed by atoms with Gasteiger partial charge in [0.15, 0.2) is 0 Å². The quantitative estimate of drug-likeness (QED) is 0.664. The molecule has 31 heavy (non-hydrogen) atoms. The molecule has 2 aliphatic rings. The maximum absolute atomic E-state index is 14.1. The number of aryl methyl sites for hydroxylation is 1. The summed E-state index contributed by atoms with van der Waals surface area (Å²) < 4.78 is 19.9. The monoisotopic (exact) mass is 422 g/mol. The van der Waals surface area contributed by atoms with E-state index in [0.29, 0.717) is 16.6 Å². The van der Waals surface area contributed by atoms with E-state index in [-0.39, 0.29) is 18.0 Å². The lowest BCUT2D eigenvalue weighted by atomic mass is 10.1. The van der Waals surface area contributed by atoms with Crippen molar-refractivity contribution in [2.24, 2.45) is 0 Å². The van der Waals surface area contributed by atoms with Crippen molar-refractivity contribution in [3.05, 3.63) is 59.5 Å². The summed E-state index contributed by atoms with van der Waals surface area (Å²) in [7, 11) is 0. The SMILES string of the molecule is Cc1ccc(F)c2cc(C(=O)Nc3cccc(N4CCN(C5CCCO5)CC4)c3)[nH]c12. The minimum Gasteiger partial charge on any atom is -0.369 e. The number of aromatic nitrogens is 1. The number of hydrogen-bond acceptors (Lipinski definition) is 4. The van der Waals surface area contributed by atoms with Gasteiger partial charge < -0.3 is 19.9 Å². The summed E-state index contributed by atoms with van der Waals surface area (Å²) in [6, 6.07) is 12.6. The number of fused-ring (bicyclic) bond motifs is 1. The highest BCUT2D eigenvalue weighted by Crippen LogP contribution is 2.25. The van der Waals surface area contributed by atoms with Crippen molar-refractivity contribution in [3.63, 3.8) is 0 Å². The summed E-state index contributed by atoms with van der Waals surface area (Å²) in [5.74, 6) is -0.615. The van der Waals surface area contributed by atoms with Gasteiger partial charge in [-0.25, -0.2) is 4.39 Å². The number of benzene rings is 2. The molecule has 0 bridgehead atoms. The molecule has 5 rings (SSSR count). The third-order valence-corrected chi connectivity index (χ3v) is 6.29. The molecule has 0 aliphatic carbocycles. The second-order valence-electron chi connectivity index (χ2n) is 8.33. The predicted molar refractivity (Wildman–Crippen MR) is 120 cm³/mol. The number of nitrogens with zero attached hydrogens (tertiary/aromatic N) is 2. The Balaban J connectivity index is 1.27. The third kappa shape index (κ3) is 4.03. The van der Waals surface area contributed by atoms with Crippen molar-refractivity contribution in [2.45, 2.75) is 26.0 Å². The van der Waals surface area contributed by atoms with Gasteiger partial charge in [-0.15, -0.1) is 0 Å². The number of rotatable bonds is 4. The van der Waals surface area contributed by atoms with Gasteiger partial charge in [-0.2, -0.15) is 0 Å². The fourth-order valence-electron chi connectivity index (χ4n) is 4.54. The van der Waals surface area contributed by atoms with E-state index in [2.05, 4.69) is 26.2 Å². The smallest absolute Gasteiger partial charge is 0.272 e. The average molecular weight is 423 g/mol. The van der Waals surface area contributed by atoms with Gasteiger partial charge in [-0.05, 0) is 55.7 Å². The van der Waals surface area contributed by atoms with Crippen LogP contribution >= 0.6 is 0 Å². The maximum atomic E-state index is 14.1. The number of nitrogens with one attached hydrogen (secondary N) is 2. The highest BCUT2D eigenvalue weighted by atomic mass is 19.1. The molecule has 3 aromatic rings. The van der Waals surface area contributed by atoms with Crippen LogP contribution in [0.1, 0.15) is 28.9 Å². The van der Waals surface area contributed by atoms with Crippen molar-refractivity contribution in [3.8, 4) is 0 Å². The molecule has 3 heterocycles. The van der Waals surface area contributed by atoms with Crippen LogP contribution < -0.4 is 10.2 Å². The van der Waals surface area contributed by atoms with Crippen LogP contribution in [0.4, 0.5) is 15.8 Å². The van der Waals surface area contributed by atoms with Gasteiger partial charge in [-0.1, -0.05) is 12.1 Å². The Labute approximate surface area is 181 Å². The van der Waals surface area contributed by atoms with Crippen molar-refractivity contribution in [1.82, 2.24) is 9.88 Å². The molecule has 6 nitrogen and oxygen atoms in total. The van der Waals surface area contributed by atoms with Crippen LogP contribution in [0.2, 0.25) is 0 Å². The number of H-pyrrole nitrogens is 1. The molecule has 0 radical (unpaired) electrons. The topological polar surface area (TPSA) is 60.6 Å². The fourth-order valence-corrected chi connectivity index (χ4v) is 4.54. The third-order valence-electron chi connectivity index (χ3n) is 6.29. The summed E-state index contributed by atoms with van der Waals surface area (Å²) in [4.78, 5) is 20.6. The lowest BCUT2D eigenvalue weighted by Gasteiger charge is -2.38. The fraction of sp³-hybridized carbons (Fsp3) is 0.375. The second kappa shape index (κ2) is 8.32. The van der Waals surface area contributed by atoms with Crippen LogP contribution in [0, 0.1) is 12.7 Å². The molecule has 2 fully saturated rings. The zero-order chi connectivity index (χ0) is 21.4. The summed E-state index contributed by atoms with van der Waals surface area (Å²) in [6.07, 6.45) is 2.55. The molecule has 1 unspecified atom stereocenters. The molecule has 1 amide bonds. The minimum absolute atomic E-state index is 0.276. The first-order valence-corrected chi connectivity index (χ1v) is 10.9. The van der Waals surface area contributed by atoms with E-state index < -0.39 is 0 Å². The highest BCUT2D eigenvalue weighted by molar-refractivity contribution is 6.06. The number of aromatic amines is 1. The Kier molecular flexibility index (Phi) is 5.38. The van der Waals surface area contributed by atoms with Crippen molar-refractivity contribution >= 4 is 28.2 Å². The maximum Gasteiger partial charge on any atom is 0.272 e. The zero-order valence-electron chi connectivity index (χ0n) is 17.7. The Bertz CT molecular complexity index is 1060. The molecule has 2 aliphatic heterocycles. The van der Waals surface area contributed by atoms with Gasteiger partial charge in [0.1, 0.15) is 17.7 Å². The average Bonchev–Trinajstić information content (AvgIpc) is 3.48. The van der Waals surface area contributed by atoms with E-state index >= 15 is 0 Å². The number of anilines is 2. The Morgan fingerprint density at radius 1 is 1.16 bits per heavy atom. The zero-order valence-corrected chi connectivity index (χ0v) is 17.7. The van der Waals surface area contributed by atoms with Crippen LogP contribution in [0.15, 0.2) is 42.5 Å². The molecule has 7 heteroatoms. The first-order valence-electron chi connectivity index (χ1n) is 10.9. The van der Waals surface area contributed by atoms with Crippen LogP contribution in [0.5, 0.6) is 0 Å². The molecule has 2 saturated heterocycles. The van der Waals surface area contributed by atoms with Gasteiger partial charge in [0, 0.05) is 49.5 Å². The minimum atomic E-state index is -0.333. The van der Waals surface area contributed by atoms with Gasteiger partial charge in [0.2, 0.25) is 0 Å². The Morgan fingerprint density at radius 3 is 2.74 bits per heavy atom. The summed E-state index contributed by atoms with van der Waals surface area (Å²) in [6.45, 7) is 6.56. The lowest BCUT2D eigenvalue weighted by Crippen LogP contribution is -2.50. The van der Waals surface area contributed by atoms with Gasteiger partial charge in [-0.3, -0.25) is 9.69 Å². The van der Waals surface area contributed by atoms with Crippen molar-refractivity contribution in [2.75, 3.05) is 43.0 Å². The highest BCUT2D eigenvalue weighted by Gasteiger charge is 2.27.